The number of hydrogen-bond acceptors (Lipinski definition) is 4. The second-order valence-corrected chi connectivity index (χ2v) is 8.82. The van der Waals surface area contributed by atoms with E-state index >= 15 is 0 Å². The van der Waals surface area contributed by atoms with Gasteiger partial charge in [-0.3, -0.25) is 14.5 Å². The first-order chi connectivity index (χ1) is 15.0. The topological polar surface area (TPSA) is 49.4 Å². The quantitative estimate of drug-likeness (QED) is 0.427. The summed E-state index contributed by atoms with van der Waals surface area (Å²) >= 11 is 6.72. The Morgan fingerprint density at radius 3 is 2.52 bits per heavy atom. The smallest absolute Gasteiger partial charge is 0.270 e. The van der Waals surface area contributed by atoms with E-state index in [4.69, 9.17) is 12.2 Å². The van der Waals surface area contributed by atoms with Crippen LogP contribution in [0.25, 0.3) is 6.08 Å². The van der Waals surface area contributed by atoms with Crippen molar-refractivity contribution in [3.8, 4) is 0 Å². The highest BCUT2D eigenvalue weighted by molar-refractivity contribution is 8.27. The van der Waals surface area contributed by atoms with Crippen LogP contribution < -0.4 is 10.2 Å². The maximum Gasteiger partial charge on any atom is 0.270 e. The van der Waals surface area contributed by atoms with E-state index in [0.29, 0.717) is 27.0 Å². The molecule has 0 bridgehead atoms. The van der Waals surface area contributed by atoms with Gasteiger partial charge in [0, 0.05) is 12.1 Å². The molecular weight excluding hydrogens is 424 g/mol. The molecule has 0 radical (unpaired) electrons. The third-order valence-corrected chi connectivity index (χ3v) is 6.13. The third-order valence-electron chi connectivity index (χ3n) is 4.83. The lowest BCUT2D eigenvalue weighted by molar-refractivity contribution is -0.113. The Labute approximate surface area is 191 Å². The molecule has 2 amide bonds. The summed E-state index contributed by atoms with van der Waals surface area (Å²) in [4.78, 5) is 27.7. The van der Waals surface area contributed by atoms with Gasteiger partial charge in [-0.25, -0.2) is 0 Å². The molecule has 1 aliphatic rings. The van der Waals surface area contributed by atoms with Crippen LogP contribution in [0.2, 0.25) is 0 Å². The number of benzene rings is 3. The molecule has 1 N–H and O–H groups in total. The lowest BCUT2D eigenvalue weighted by Crippen LogP contribution is -2.28. The van der Waals surface area contributed by atoms with Crippen LogP contribution in [0.3, 0.4) is 0 Å². The molecule has 1 saturated heterocycles. The highest BCUT2D eigenvalue weighted by Gasteiger charge is 2.33. The molecule has 31 heavy (non-hydrogen) atoms. The average molecular weight is 445 g/mol. The Bertz CT molecular complexity index is 1170. The number of amides is 2. The normalized spacial score (nSPS) is 14.9. The minimum absolute atomic E-state index is 0.184. The van der Waals surface area contributed by atoms with Crippen molar-refractivity contribution >= 4 is 51.9 Å². The van der Waals surface area contributed by atoms with Crippen molar-refractivity contribution in [1.82, 2.24) is 5.32 Å². The van der Waals surface area contributed by atoms with Crippen molar-refractivity contribution in [1.29, 1.82) is 0 Å². The predicted octanol–water partition coefficient (Wildman–Crippen LogP) is 5.33. The summed E-state index contributed by atoms with van der Waals surface area (Å²) in [5, 5.41) is 2.92. The lowest BCUT2D eigenvalue weighted by Gasteiger charge is -2.15. The van der Waals surface area contributed by atoms with Gasteiger partial charge < -0.3 is 5.32 Å². The van der Waals surface area contributed by atoms with Gasteiger partial charge in [0.05, 0.1) is 10.6 Å². The first-order valence-corrected chi connectivity index (χ1v) is 11.0. The zero-order chi connectivity index (χ0) is 21.8. The number of nitrogens with zero attached hydrogens (tertiary/aromatic N) is 1. The molecule has 154 valence electrons. The minimum atomic E-state index is -0.201. The largest absolute Gasteiger partial charge is 0.348 e. The van der Waals surface area contributed by atoms with Gasteiger partial charge in [-0.15, -0.1) is 0 Å². The van der Waals surface area contributed by atoms with Gasteiger partial charge >= 0.3 is 0 Å². The van der Waals surface area contributed by atoms with Crippen LogP contribution >= 0.6 is 24.0 Å². The van der Waals surface area contributed by atoms with Crippen LogP contribution in [-0.2, 0) is 11.3 Å². The van der Waals surface area contributed by atoms with Crippen molar-refractivity contribution in [2.24, 2.45) is 0 Å². The van der Waals surface area contributed by atoms with E-state index in [1.165, 1.54) is 22.2 Å². The van der Waals surface area contributed by atoms with Gasteiger partial charge in [0.2, 0.25) is 0 Å². The fourth-order valence-corrected chi connectivity index (χ4v) is 4.47. The predicted molar refractivity (Wildman–Crippen MR) is 131 cm³/mol. The molecule has 6 heteroatoms. The van der Waals surface area contributed by atoms with E-state index in [9.17, 15) is 9.59 Å². The van der Waals surface area contributed by atoms with Gasteiger partial charge in [0.25, 0.3) is 11.8 Å². The molecule has 0 saturated carbocycles. The maximum absolute atomic E-state index is 13.0. The SMILES string of the molecule is Cc1ccc(CNC(=O)c2cccc(N3C(=O)/C(=C/c4ccccc4)SC3=S)c2)cc1. The van der Waals surface area contributed by atoms with Crippen molar-refractivity contribution in [2.75, 3.05) is 4.90 Å². The molecule has 1 fully saturated rings. The maximum atomic E-state index is 13.0. The van der Waals surface area contributed by atoms with Gasteiger partial charge in [-0.2, -0.15) is 0 Å². The van der Waals surface area contributed by atoms with Crippen LogP contribution in [0.5, 0.6) is 0 Å². The molecule has 0 aliphatic carbocycles. The van der Waals surface area contributed by atoms with E-state index in [0.717, 1.165) is 11.1 Å². The number of thioether (sulfide) groups is 1. The van der Waals surface area contributed by atoms with Gasteiger partial charge in [0.15, 0.2) is 4.32 Å². The highest BCUT2D eigenvalue weighted by atomic mass is 32.2. The summed E-state index contributed by atoms with van der Waals surface area (Å²) in [5.74, 6) is -0.385. The highest BCUT2D eigenvalue weighted by Crippen LogP contribution is 2.36. The molecule has 1 aliphatic heterocycles. The summed E-state index contributed by atoms with van der Waals surface area (Å²) in [7, 11) is 0. The van der Waals surface area contributed by atoms with Crippen molar-refractivity contribution in [2.45, 2.75) is 13.5 Å². The van der Waals surface area contributed by atoms with E-state index in [-0.39, 0.29) is 11.8 Å². The minimum Gasteiger partial charge on any atom is -0.348 e. The monoisotopic (exact) mass is 444 g/mol. The number of anilines is 1. The van der Waals surface area contributed by atoms with E-state index in [1.807, 2.05) is 67.6 Å². The van der Waals surface area contributed by atoms with Gasteiger partial charge in [-0.1, -0.05) is 90.2 Å². The first kappa shape index (κ1) is 21.0. The molecule has 4 nitrogen and oxygen atoms in total. The van der Waals surface area contributed by atoms with Gasteiger partial charge in [0.1, 0.15) is 0 Å². The van der Waals surface area contributed by atoms with E-state index in [1.54, 1.807) is 24.3 Å². The second kappa shape index (κ2) is 9.29. The van der Waals surface area contributed by atoms with Crippen molar-refractivity contribution in [3.05, 3.63) is 106 Å². The Kier molecular flexibility index (Phi) is 6.30. The molecule has 0 atom stereocenters. The Hall–Kier alpha value is -3.22. The third kappa shape index (κ3) is 4.93. The summed E-state index contributed by atoms with van der Waals surface area (Å²) in [6, 6.07) is 24.6. The summed E-state index contributed by atoms with van der Waals surface area (Å²) in [5.41, 5.74) is 4.20. The van der Waals surface area contributed by atoms with Crippen molar-refractivity contribution < 1.29 is 9.59 Å². The number of carbonyl (C=O) groups excluding carboxylic acids is 2. The number of carbonyl (C=O) groups is 2. The fourth-order valence-electron chi connectivity index (χ4n) is 3.17. The van der Waals surface area contributed by atoms with Crippen LogP contribution in [0.1, 0.15) is 27.0 Å². The number of aryl methyl sites for hydroxylation is 1. The Morgan fingerprint density at radius 1 is 1.03 bits per heavy atom. The van der Waals surface area contributed by atoms with Crippen LogP contribution in [0, 0.1) is 6.92 Å². The van der Waals surface area contributed by atoms with E-state index < -0.39 is 0 Å². The molecule has 4 rings (SSSR count). The number of nitrogens with one attached hydrogen (secondary N) is 1. The van der Waals surface area contributed by atoms with E-state index in [2.05, 4.69) is 5.32 Å². The van der Waals surface area contributed by atoms with Crippen molar-refractivity contribution in [3.63, 3.8) is 0 Å². The molecule has 0 unspecified atom stereocenters. The van der Waals surface area contributed by atoms with Crippen LogP contribution in [-0.4, -0.2) is 16.1 Å². The zero-order valence-electron chi connectivity index (χ0n) is 16.9. The zero-order valence-corrected chi connectivity index (χ0v) is 18.5. The number of hydrogen-bond donors (Lipinski definition) is 1. The summed E-state index contributed by atoms with van der Waals surface area (Å²) < 4.78 is 0.449. The average Bonchev–Trinajstić information content (AvgIpc) is 3.06. The first-order valence-electron chi connectivity index (χ1n) is 9.78. The van der Waals surface area contributed by atoms with Gasteiger partial charge in [-0.05, 0) is 42.3 Å². The summed E-state index contributed by atoms with van der Waals surface area (Å²) in [6.45, 7) is 2.46. The standard InChI is InChI=1S/C25H20N2O2S2/c1-17-10-12-19(13-11-17)16-26-23(28)20-8-5-9-21(15-20)27-24(29)22(31-25(27)30)14-18-6-3-2-4-7-18/h2-15H,16H2,1H3,(H,26,28)/b22-14-. The molecular formula is C25H20N2O2S2. The number of rotatable bonds is 5. The second-order valence-electron chi connectivity index (χ2n) is 7.15. The molecule has 1 heterocycles. The summed E-state index contributed by atoms with van der Waals surface area (Å²) in [6.07, 6.45) is 1.83. The molecule has 3 aromatic carbocycles. The van der Waals surface area contributed by atoms with Crippen LogP contribution in [0.15, 0.2) is 83.8 Å². The van der Waals surface area contributed by atoms with Crippen LogP contribution in [0.4, 0.5) is 5.69 Å². The molecule has 3 aromatic rings. The molecule has 0 aromatic heterocycles. The fraction of sp³-hybridized carbons (Fsp3) is 0.0800. The molecule has 0 spiro atoms. The Balaban J connectivity index is 1.50. The number of thiocarbonyl (C=S) groups is 1. The Morgan fingerprint density at radius 2 is 1.77 bits per heavy atom. The lowest BCUT2D eigenvalue weighted by atomic mass is 10.1.